The molecular formula is C17H15BrN2O2. The zero-order chi connectivity index (χ0) is 15.5. The van der Waals surface area contributed by atoms with Crippen molar-refractivity contribution in [2.24, 2.45) is 0 Å². The van der Waals surface area contributed by atoms with Gasteiger partial charge in [0, 0.05) is 4.47 Å². The first-order valence-corrected chi connectivity index (χ1v) is 7.79. The first-order chi connectivity index (χ1) is 10.6. The van der Waals surface area contributed by atoms with Gasteiger partial charge in [0.05, 0.1) is 17.4 Å². The summed E-state index contributed by atoms with van der Waals surface area (Å²) in [5.74, 6) is 1.48. The molecule has 5 heteroatoms. The Morgan fingerprint density at radius 3 is 2.64 bits per heavy atom. The Morgan fingerprint density at radius 1 is 1.14 bits per heavy atom. The van der Waals surface area contributed by atoms with Crippen molar-refractivity contribution in [3.8, 4) is 5.75 Å². The predicted molar refractivity (Wildman–Crippen MR) is 90.4 cm³/mol. The van der Waals surface area contributed by atoms with Crippen LogP contribution in [0.15, 0.2) is 57.8 Å². The van der Waals surface area contributed by atoms with Gasteiger partial charge < -0.3 is 4.74 Å². The Bertz CT molecular complexity index is 857. The molecule has 0 bridgehead atoms. The lowest BCUT2D eigenvalue weighted by Crippen LogP contribution is -2.26. The number of para-hydroxylation sites is 1. The molecule has 0 saturated heterocycles. The van der Waals surface area contributed by atoms with E-state index in [0.29, 0.717) is 24.4 Å². The van der Waals surface area contributed by atoms with E-state index in [-0.39, 0.29) is 5.56 Å². The molecule has 112 valence electrons. The topological polar surface area (TPSA) is 44.1 Å². The largest absolute Gasteiger partial charge is 0.492 e. The van der Waals surface area contributed by atoms with Crippen LogP contribution in [0, 0.1) is 6.92 Å². The summed E-state index contributed by atoms with van der Waals surface area (Å²) in [4.78, 5) is 17.0. The molecule has 4 nitrogen and oxygen atoms in total. The zero-order valence-electron chi connectivity index (χ0n) is 12.1. The average Bonchev–Trinajstić information content (AvgIpc) is 2.52. The van der Waals surface area contributed by atoms with Gasteiger partial charge in [0.25, 0.3) is 5.56 Å². The first kappa shape index (κ1) is 14.8. The minimum absolute atomic E-state index is 0.0255. The fourth-order valence-electron chi connectivity index (χ4n) is 2.33. The smallest absolute Gasteiger partial charge is 0.261 e. The number of nitrogens with zero attached hydrogens (tertiary/aromatic N) is 2. The minimum Gasteiger partial charge on any atom is -0.492 e. The summed E-state index contributed by atoms with van der Waals surface area (Å²) in [6, 6.07) is 15.0. The average molecular weight is 359 g/mol. The van der Waals surface area contributed by atoms with E-state index in [4.69, 9.17) is 4.74 Å². The van der Waals surface area contributed by atoms with E-state index >= 15 is 0 Å². The number of rotatable bonds is 4. The highest BCUT2D eigenvalue weighted by atomic mass is 79.9. The predicted octanol–water partition coefficient (Wildman–Crippen LogP) is 3.55. The number of aromatic nitrogens is 2. The molecule has 0 aliphatic rings. The Labute approximate surface area is 136 Å². The van der Waals surface area contributed by atoms with E-state index in [1.54, 1.807) is 10.6 Å². The Balaban J connectivity index is 1.79. The third-order valence-electron chi connectivity index (χ3n) is 3.45. The van der Waals surface area contributed by atoms with Crippen molar-refractivity contribution < 1.29 is 4.74 Å². The standard InChI is InChI=1S/C17H15BrN2O2/c1-12-19-16-5-3-2-4-15(16)17(21)20(12)10-11-22-14-8-6-13(18)7-9-14/h2-9H,10-11H2,1H3. The van der Waals surface area contributed by atoms with Gasteiger partial charge in [0.1, 0.15) is 18.2 Å². The van der Waals surface area contributed by atoms with Crippen LogP contribution in [0.3, 0.4) is 0 Å². The maximum atomic E-state index is 12.5. The van der Waals surface area contributed by atoms with Crippen molar-refractivity contribution in [2.45, 2.75) is 13.5 Å². The van der Waals surface area contributed by atoms with E-state index in [0.717, 1.165) is 15.7 Å². The van der Waals surface area contributed by atoms with Gasteiger partial charge in [-0.2, -0.15) is 0 Å². The molecule has 0 atom stereocenters. The Morgan fingerprint density at radius 2 is 1.86 bits per heavy atom. The number of hydrogen-bond acceptors (Lipinski definition) is 3. The molecule has 0 radical (unpaired) electrons. The van der Waals surface area contributed by atoms with Gasteiger partial charge in [-0.05, 0) is 43.3 Å². The van der Waals surface area contributed by atoms with Crippen LogP contribution in [0.1, 0.15) is 5.82 Å². The molecule has 0 amide bonds. The molecule has 0 aliphatic heterocycles. The maximum absolute atomic E-state index is 12.5. The molecule has 0 N–H and O–H groups in total. The van der Waals surface area contributed by atoms with E-state index in [1.165, 1.54) is 0 Å². The third kappa shape index (κ3) is 3.04. The SMILES string of the molecule is Cc1nc2ccccc2c(=O)n1CCOc1ccc(Br)cc1. The van der Waals surface area contributed by atoms with Crippen LogP contribution >= 0.6 is 15.9 Å². The lowest BCUT2D eigenvalue weighted by Gasteiger charge is -2.11. The van der Waals surface area contributed by atoms with Crippen LogP contribution in [0.5, 0.6) is 5.75 Å². The van der Waals surface area contributed by atoms with Crippen LogP contribution in [0.25, 0.3) is 10.9 Å². The van der Waals surface area contributed by atoms with Gasteiger partial charge in [-0.3, -0.25) is 9.36 Å². The lowest BCUT2D eigenvalue weighted by molar-refractivity contribution is 0.294. The lowest BCUT2D eigenvalue weighted by atomic mass is 10.2. The zero-order valence-corrected chi connectivity index (χ0v) is 13.7. The van der Waals surface area contributed by atoms with Gasteiger partial charge in [-0.25, -0.2) is 4.98 Å². The van der Waals surface area contributed by atoms with E-state index in [2.05, 4.69) is 20.9 Å². The molecule has 0 unspecified atom stereocenters. The second kappa shape index (κ2) is 6.32. The molecule has 3 aromatic rings. The van der Waals surface area contributed by atoms with E-state index < -0.39 is 0 Å². The first-order valence-electron chi connectivity index (χ1n) is 7.00. The summed E-state index contributed by atoms with van der Waals surface area (Å²) in [7, 11) is 0. The van der Waals surface area contributed by atoms with Crippen molar-refractivity contribution in [1.82, 2.24) is 9.55 Å². The molecule has 3 rings (SSSR count). The molecular weight excluding hydrogens is 344 g/mol. The van der Waals surface area contributed by atoms with Gasteiger partial charge in [-0.15, -0.1) is 0 Å². The minimum atomic E-state index is -0.0255. The van der Waals surface area contributed by atoms with Gasteiger partial charge in [-0.1, -0.05) is 28.1 Å². The van der Waals surface area contributed by atoms with Crippen molar-refractivity contribution in [3.63, 3.8) is 0 Å². The summed E-state index contributed by atoms with van der Waals surface area (Å²) in [6.07, 6.45) is 0. The molecule has 0 aliphatic carbocycles. The second-order valence-corrected chi connectivity index (χ2v) is 5.85. The Kier molecular flexibility index (Phi) is 4.24. The quantitative estimate of drug-likeness (QED) is 0.716. The number of ether oxygens (including phenoxy) is 1. The Hall–Kier alpha value is -2.14. The highest BCUT2D eigenvalue weighted by Gasteiger charge is 2.07. The molecule has 0 fully saturated rings. The molecule has 1 heterocycles. The summed E-state index contributed by atoms with van der Waals surface area (Å²) in [6.45, 7) is 2.73. The van der Waals surface area contributed by atoms with E-state index in [1.807, 2.05) is 49.4 Å². The summed E-state index contributed by atoms with van der Waals surface area (Å²) < 4.78 is 8.34. The number of aryl methyl sites for hydroxylation is 1. The summed E-state index contributed by atoms with van der Waals surface area (Å²) in [5.41, 5.74) is 0.706. The van der Waals surface area contributed by atoms with Crippen molar-refractivity contribution in [2.75, 3.05) is 6.61 Å². The van der Waals surface area contributed by atoms with Crippen LogP contribution in [0.4, 0.5) is 0 Å². The second-order valence-electron chi connectivity index (χ2n) is 4.94. The van der Waals surface area contributed by atoms with Crippen LogP contribution in [-0.4, -0.2) is 16.2 Å². The maximum Gasteiger partial charge on any atom is 0.261 e. The molecule has 0 saturated carbocycles. The van der Waals surface area contributed by atoms with Gasteiger partial charge in [0.2, 0.25) is 0 Å². The number of hydrogen-bond donors (Lipinski definition) is 0. The molecule has 1 aromatic heterocycles. The normalized spacial score (nSPS) is 10.8. The number of fused-ring (bicyclic) bond motifs is 1. The van der Waals surface area contributed by atoms with Crippen LogP contribution in [-0.2, 0) is 6.54 Å². The fourth-order valence-corrected chi connectivity index (χ4v) is 2.59. The summed E-state index contributed by atoms with van der Waals surface area (Å²) in [5, 5.41) is 0.636. The van der Waals surface area contributed by atoms with E-state index in [9.17, 15) is 4.79 Å². The molecule has 0 spiro atoms. The third-order valence-corrected chi connectivity index (χ3v) is 3.98. The summed E-state index contributed by atoms with van der Waals surface area (Å²) >= 11 is 3.38. The fraction of sp³-hybridized carbons (Fsp3) is 0.176. The van der Waals surface area contributed by atoms with Crippen molar-refractivity contribution >= 4 is 26.8 Å². The highest BCUT2D eigenvalue weighted by Crippen LogP contribution is 2.16. The van der Waals surface area contributed by atoms with Crippen LogP contribution in [0.2, 0.25) is 0 Å². The monoisotopic (exact) mass is 358 g/mol. The van der Waals surface area contributed by atoms with Gasteiger partial charge in [0.15, 0.2) is 0 Å². The van der Waals surface area contributed by atoms with Crippen molar-refractivity contribution in [1.29, 1.82) is 0 Å². The highest BCUT2D eigenvalue weighted by molar-refractivity contribution is 9.10. The van der Waals surface area contributed by atoms with Gasteiger partial charge >= 0.3 is 0 Å². The number of benzene rings is 2. The molecule has 2 aromatic carbocycles. The van der Waals surface area contributed by atoms with Crippen LogP contribution < -0.4 is 10.3 Å². The number of halogens is 1. The molecule has 22 heavy (non-hydrogen) atoms. The van der Waals surface area contributed by atoms with Crippen molar-refractivity contribution in [3.05, 3.63) is 69.2 Å².